The van der Waals surface area contributed by atoms with E-state index in [9.17, 15) is 21.9 Å². The number of ether oxygens (including phenoxy) is 6. The molecule has 6 heterocycles. The molecule has 0 fully saturated rings. The molecule has 0 atom stereocenters. The fourth-order valence-corrected chi connectivity index (χ4v) is 7.84. The highest BCUT2D eigenvalue weighted by atomic mass is 35.7. The standard InChI is InChI=1S/C20H18NO6S.C19H15NO4.CH3ClO2S.2ClH/c1-24-17-4-3-12-7-16-14-9-19-18(25-11-26-19)8-13(14)5-6-21(16)10-15(12)20(17)27-28(2,22)23;1-22-16-3-2-11-6-15-13-8-18-17(23-10-24-18)7-12(13)4-5-20(15)9-14(11)19(16)21;1-5(2,3)4;;/h3-4,7-10H,5-6,11H2,1-2H3;2-3,6-9H,4-5,10H2,1H3;1H3;2*1H/q+1;;;;/p-1. The van der Waals surface area contributed by atoms with E-state index >= 15 is 0 Å². The van der Waals surface area contributed by atoms with Gasteiger partial charge in [-0.25, -0.2) is 8.42 Å². The third-order valence-corrected chi connectivity index (χ3v) is 10.3. The summed E-state index contributed by atoms with van der Waals surface area (Å²) in [6.07, 6.45) is 7.61. The quantitative estimate of drug-likeness (QED) is 0.136. The Balaban J connectivity index is 0.000000174. The molecular weight excluding hydrogens is 871 g/mol. The van der Waals surface area contributed by atoms with E-state index in [4.69, 9.17) is 32.6 Å². The van der Waals surface area contributed by atoms with E-state index < -0.39 is 19.2 Å². The Kier molecular flexibility index (Phi) is 12.4. The molecule has 312 valence electrons. The molecule has 6 aromatic rings. The molecule has 0 aliphatic carbocycles. The summed E-state index contributed by atoms with van der Waals surface area (Å²) in [5, 5.41) is 13.7. The number of methoxy groups -OCH3 is 2. The van der Waals surface area contributed by atoms with E-state index in [2.05, 4.69) is 38.0 Å². The van der Waals surface area contributed by atoms with Gasteiger partial charge in [-0.15, -0.1) is 0 Å². The normalized spacial score (nSPS) is 13.7. The summed E-state index contributed by atoms with van der Waals surface area (Å²) in [5.41, 5.74) is 6.84. The van der Waals surface area contributed by atoms with Crippen LogP contribution in [-0.2, 0) is 45.1 Å². The Morgan fingerprint density at radius 2 is 1.07 bits per heavy atom. The topological polar surface area (TPSA) is 161 Å². The zero-order valence-corrected chi connectivity index (χ0v) is 35.9. The third-order valence-electron chi connectivity index (χ3n) is 9.85. The van der Waals surface area contributed by atoms with Gasteiger partial charge in [-0.2, -0.15) is 17.6 Å². The summed E-state index contributed by atoms with van der Waals surface area (Å²) >= 11 is 0. The third kappa shape index (κ3) is 8.92. The number of fused-ring (bicyclic) bond motifs is 10. The van der Waals surface area contributed by atoms with Crippen molar-refractivity contribution in [1.29, 1.82) is 0 Å². The second kappa shape index (κ2) is 16.9. The SMILES string of the molecule is COc1ccc2cc3[n+](cc2c1O)CCc1cc2c(cc1-3)OCO2.COc1ccc2cc3[n+](cc2c1OS(C)(=O)=O)CCc1cc2c(cc1-3)OCO2.CS(=O)(=O)Cl.[Cl-].[Cl-]. The highest BCUT2D eigenvalue weighted by Crippen LogP contribution is 2.43. The number of benzene rings is 4. The van der Waals surface area contributed by atoms with Gasteiger partial charge >= 0.3 is 10.1 Å². The number of phenols is 1. The minimum absolute atomic E-state index is 0. The molecule has 4 aliphatic heterocycles. The molecule has 0 spiro atoms. The Morgan fingerprint density at radius 1 is 0.644 bits per heavy atom. The molecule has 0 amide bonds. The molecule has 14 nitrogen and oxygen atoms in total. The van der Waals surface area contributed by atoms with Gasteiger partial charge in [0, 0.05) is 35.7 Å². The highest BCUT2D eigenvalue weighted by Gasteiger charge is 2.30. The summed E-state index contributed by atoms with van der Waals surface area (Å²) < 4.78 is 84.4. The van der Waals surface area contributed by atoms with Crippen molar-refractivity contribution in [1.82, 2.24) is 0 Å². The van der Waals surface area contributed by atoms with Gasteiger partial charge < -0.3 is 62.5 Å². The molecule has 4 aliphatic rings. The first-order chi connectivity index (χ1) is 27.2. The van der Waals surface area contributed by atoms with Crippen LogP contribution in [0, 0.1) is 0 Å². The first-order valence-electron chi connectivity index (χ1n) is 17.6. The summed E-state index contributed by atoms with van der Waals surface area (Å²) in [6.45, 7) is 2.13. The van der Waals surface area contributed by atoms with Gasteiger partial charge in [0.1, 0.15) is 0 Å². The molecule has 4 aromatic carbocycles. The summed E-state index contributed by atoms with van der Waals surface area (Å²) in [5.74, 6) is 4.38. The van der Waals surface area contributed by atoms with Crippen molar-refractivity contribution >= 4 is 51.4 Å². The van der Waals surface area contributed by atoms with Crippen LogP contribution in [0.5, 0.6) is 46.0 Å². The van der Waals surface area contributed by atoms with Crippen LogP contribution in [-0.4, -0.2) is 62.3 Å². The molecule has 59 heavy (non-hydrogen) atoms. The van der Waals surface area contributed by atoms with Crippen molar-refractivity contribution < 1.29 is 88.5 Å². The van der Waals surface area contributed by atoms with Crippen LogP contribution in [0.4, 0.5) is 0 Å². The predicted octanol–water partition coefficient (Wildman–Crippen LogP) is -0.588. The fourth-order valence-electron chi connectivity index (χ4n) is 7.37. The average Bonchev–Trinajstić information content (AvgIpc) is 3.83. The number of hydrogen-bond donors (Lipinski definition) is 1. The van der Waals surface area contributed by atoms with Crippen LogP contribution in [0.3, 0.4) is 0 Å². The molecule has 0 unspecified atom stereocenters. The minimum atomic E-state index is -3.70. The summed E-state index contributed by atoms with van der Waals surface area (Å²) in [7, 11) is 0.658. The lowest BCUT2D eigenvalue weighted by Crippen LogP contribution is -3.00. The van der Waals surface area contributed by atoms with Crippen LogP contribution >= 0.6 is 10.7 Å². The number of aromatic hydroxyl groups is 1. The van der Waals surface area contributed by atoms with Crippen molar-refractivity contribution in [3.63, 3.8) is 0 Å². The van der Waals surface area contributed by atoms with Crippen molar-refractivity contribution in [3.05, 3.63) is 84.2 Å². The molecule has 0 radical (unpaired) electrons. The largest absolute Gasteiger partial charge is 1.00 e. The molecule has 0 bridgehead atoms. The number of aryl methyl sites for hydroxylation is 4. The lowest BCUT2D eigenvalue weighted by molar-refractivity contribution is -0.686. The van der Waals surface area contributed by atoms with Gasteiger partial charge in [-0.1, -0.05) is 0 Å². The second-order valence-electron chi connectivity index (χ2n) is 13.6. The van der Waals surface area contributed by atoms with Gasteiger partial charge in [0.2, 0.25) is 34.0 Å². The van der Waals surface area contributed by atoms with Crippen LogP contribution in [0.2, 0.25) is 0 Å². The van der Waals surface area contributed by atoms with E-state index in [0.29, 0.717) is 16.9 Å². The van der Waals surface area contributed by atoms with Crippen molar-refractivity contribution in [3.8, 4) is 68.5 Å². The molecule has 0 saturated heterocycles. The Morgan fingerprint density at radius 3 is 1.53 bits per heavy atom. The number of halogens is 3. The Bertz CT molecular complexity index is 2850. The maximum Gasteiger partial charge on any atom is 0.306 e. The number of nitrogens with zero attached hydrogens (tertiary/aromatic N) is 2. The van der Waals surface area contributed by atoms with Crippen LogP contribution in [0.25, 0.3) is 44.1 Å². The van der Waals surface area contributed by atoms with Gasteiger partial charge in [-0.3, -0.25) is 0 Å². The lowest BCUT2D eigenvalue weighted by atomic mass is 9.95. The van der Waals surface area contributed by atoms with Crippen molar-refractivity contribution in [2.75, 3.05) is 40.3 Å². The number of pyridine rings is 2. The number of rotatable bonds is 4. The zero-order chi connectivity index (χ0) is 40.2. The van der Waals surface area contributed by atoms with E-state index in [-0.39, 0.29) is 49.9 Å². The van der Waals surface area contributed by atoms with Gasteiger partial charge in [0.25, 0.3) is 0 Å². The molecular formula is C40H37Cl3N2O12S2. The maximum atomic E-state index is 11.8. The summed E-state index contributed by atoms with van der Waals surface area (Å²) in [6, 6.07) is 19.7. The van der Waals surface area contributed by atoms with Gasteiger partial charge in [0.15, 0.2) is 71.5 Å². The summed E-state index contributed by atoms with van der Waals surface area (Å²) in [4.78, 5) is 0. The first kappa shape index (κ1) is 43.4. The Hall–Kier alpha value is -5.13. The van der Waals surface area contributed by atoms with E-state index in [1.54, 1.807) is 19.2 Å². The minimum Gasteiger partial charge on any atom is -1.00 e. The molecule has 0 saturated carbocycles. The maximum absolute atomic E-state index is 11.8. The van der Waals surface area contributed by atoms with E-state index in [1.165, 1.54) is 18.2 Å². The molecule has 10 rings (SSSR count). The number of hydrogen-bond acceptors (Lipinski definition) is 12. The fraction of sp³-hybridized carbons (Fsp3) is 0.250. The van der Waals surface area contributed by atoms with Crippen molar-refractivity contribution in [2.45, 2.75) is 25.9 Å². The second-order valence-corrected chi connectivity index (χ2v) is 18.2. The smallest absolute Gasteiger partial charge is 0.306 e. The average molecular weight is 908 g/mol. The molecule has 19 heteroatoms. The molecule has 2 aromatic heterocycles. The number of phenolic OH excluding ortho intramolecular Hbond substituents is 1. The first-order valence-corrected chi connectivity index (χ1v) is 22.1. The highest BCUT2D eigenvalue weighted by molar-refractivity contribution is 8.13. The van der Waals surface area contributed by atoms with Gasteiger partial charge in [-0.05, 0) is 70.4 Å². The van der Waals surface area contributed by atoms with Crippen LogP contribution < -0.4 is 66.6 Å². The van der Waals surface area contributed by atoms with Gasteiger partial charge in [0.05, 0.1) is 48.6 Å². The lowest BCUT2D eigenvalue weighted by Gasteiger charge is -2.17. The van der Waals surface area contributed by atoms with E-state index in [1.807, 2.05) is 42.7 Å². The predicted molar refractivity (Wildman–Crippen MR) is 210 cm³/mol. The van der Waals surface area contributed by atoms with E-state index in [0.717, 1.165) is 100 Å². The monoisotopic (exact) mass is 906 g/mol. The van der Waals surface area contributed by atoms with Crippen molar-refractivity contribution in [2.24, 2.45) is 0 Å². The zero-order valence-electron chi connectivity index (χ0n) is 32.0. The number of aromatic nitrogens is 2. The van der Waals surface area contributed by atoms with Crippen LogP contribution in [0.1, 0.15) is 11.1 Å². The molecule has 1 N–H and O–H groups in total. The van der Waals surface area contributed by atoms with Crippen LogP contribution in [0.15, 0.2) is 73.1 Å². The Labute approximate surface area is 357 Å².